The molecule has 0 bridgehead atoms. The molecule has 0 aliphatic carbocycles. The first kappa shape index (κ1) is 32.3. The molecule has 6 heteroatoms. The summed E-state index contributed by atoms with van der Waals surface area (Å²) in [6.45, 7) is 0. The van der Waals surface area contributed by atoms with E-state index in [1.165, 1.54) is 32.9 Å². The maximum Gasteiger partial charge on any atom is 0.143 e. The molecule has 1 saturated heterocycles. The average molecular weight is 737 g/mol. The minimum atomic E-state index is -0.115. The van der Waals surface area contributed by atoms with Crippen LogP contribution in [0, 0.1) is 0 Å². The van der Waals surface area contributed by atoms with E-state index in [1.54, 1.807) is 0 Å². The lowest BCUT2D eigenvalue weighted by molar-refractivity contribution is 0.203. The molecule has 8 aromatic carbocycles. The lowest BCUT2D eigenvalue weighted by Crippen LogP contribution is -2.54. The molecule has 0 radical (unpaired) electrons. The van der Waals surface area contributed by atoms with Gasteiger partial charge in [-0.2, -0.15) is 0 Å². The molecule has 0 spiro atoms. The summed E-state index contributed by atoms with van der Waals surface area (Å²) in [5, 5.41) is 18.2. The Labute approximate surface area is 327 Å². The molecule has 2 atom stereocenters. The highest BCUT2D eigenvalue weighted by Gasteiger charge is 2.30. The lowest BCUT2D eigenvalue weighted by Gasteiger charge is -2.39. The van der Waals surface area contributed by atoms with Crippen molar-refractivity contribution in [2.45, 2.75) is 18.5 Å². The predicted molar refractivity (Wildman–Crippen MR) is 231 cm³/mol. The van der Waals surface area contributed by atoms with E-state index >= 15 is 0 Å². The molecule has 3 N–H and O–H groups in total. The number of rotatable bonds is 5. The van der Waals surface area contributed by atoms with Crippen molar-refractivity contribution in [2.75, 3.05) is 0 Å². The van der Waals surface area contributed by atoms with Crippen molar-refractivity contribution in [3.05, 3.63) is 199 Å². The number of para-hydroxylation sites is 3. The van der Waals surface area contributed by atoms with Crippen molar-refractivity contribution < 1.29 is 8.83 Å². The Morgan fingerprint density at radius 3 is 1.58 bits per heavy atom. The van der Waals surface area contributed by atoms with Crippen molar-refractivity contribution in [1.29, 1.82) is 0 Å². The first-order valence-corrected chi connectivity index (χ1v) is 19.5. The number of nitrogens with one attached hydrogen (secondary N) is 3. The molecule has 4 heterocycles. The van der Waals surface area contributed by atoms with Crippen molar-refractivity contribution in [3.63, 3.8) is 0 Å². The van der Waals surface area contributed by atoms with Gasteiger partial charge in [0.25, 0.3) is 0 Å². The molecule has 3 aromatic heterocycles. The highest BCUT2D eigenvalue weighted by Crippen LogP contribution is 2.41. The molecule has 1 aliphatic heterocycles. The fourth-order valence-electron chi connectivity index (χ4n) is 9.01. The second-order valence-electron chi connectivity index (χ2n) is 15.0. The molecule has 272 valence electrons. The summed E-state index contributed by atoms with van der Waals surface area (Å²) in [5.74, 6) is 0. The standard InChI is InChI=1S/C51H36N4O2/c1-3-12-31(13-4-1)49-52-50(32-14-5-2-6-15-32)54-51(53-49)34-23-26-46-41(29-34)40-28-33(22-25-45(40)56-46)36-18-11-19-39-42-30-35(24-27-47(42)57-48(36)39)55-43-20-9-7-16-37(43)38-17-8-10-21-44(38)55/h1-30,49-54H. The molecule has 2 unspecified atom stereocenters. The van der Waals surface area contributed by atoms with Gasteiger partial charge in [-0.05, 0) is 76.9 Å². The summed E-state index contributed by atoms with van der Waals surface area (Å²) >= 11 is 0. The first-order valence-electron chi connectivity index (χ1n) is 19.5. The summed E-state index contributed by atoms with van der Waals surface area (Å²) in [4.78, 5) is 0. The fraction of sp³-hybridized carbons (Fsp3) is 0.0588. The molecule has 1 aliphatic rings. The van der Waals surface area contributed by atoms with Crippen LogP contribution in [0.1, 0.15) is 35.2 Å². The Morgan fingerprint density at radius 2 is 0.895 bits per heavy atom. The van der Waals surface area contributed by atoms with Crippen LogP contribution in [0.4, 0.5) is 0 Å². The maximum atomic E-state index is 6.70. The van der Waals surface area contributed by atoms with Gasteiger partial charge in [-0.1, -0.05) is 127 Å². The van der Waals surface area contributed by atoms with E-state index in [9.17, 15) is 0 Å². The van der Waals surface area contributed by atoms with Gasteiger partial charge in [0.2, 0.25) is 0 Å². The summed E-state index contributed by atoms with van der Waals surface area (Å²) in [5.41, 5.74) is 12.6. The minimum Gasteiger partial charge on any atom is -0.456 e. The molecule has 6 nitrogen and oxygen atoms in total. The van der Waals surface area contributed by atoms with Crippen molar-refractivity contribution in [2.24, 2.45) is 0 Å². The third kappa shape index (κ3) is 5.23. The number of fused-ring (bicyclic) bond motifs is 9. The van der Waals surface area contributed by atoms with Crippen LogP contribution < -0.4 is 16.0 Å². The van der Waals surface area contributed by atoms with Gasteiger partial charge in [0.15, 0.2) is 0 Å². The second kappa shape index (κ2) is 12.8. The second-order valence-corrected chi connectivity index (χ2v) is 15.0. The van der Waals surface area contributed by atoms with Crippen molar-refractivity contribution in [1.82, 2.24) is 20.5 Å². The van der Waals surface area contributed by atoms with E-state index in [4.69, 9.17) is 8.83 Å². The Hall–Kier alpha value is -6.96. The van der Waals surface area contributed by atoms with E-state index in [0.717, 1.165) is 66.3 Å². The van der Waals surface area contributed by atoms with Crippen molar-refractivity contribution >= 4 is 65.7 Å². The normalized spacial score (nSPS) is 17.4. The van der Waals surface area contributed by atoms with E-state index in [2.05, 4.69) is 203 Å². The average Bonchev–Trinajstić information content (AvgIpc) is 3.95. The van der Waals surface area contributed by atoms with E-state index in [-0.39, 0.29) is 18.5 Å². The van der Waals surface area contributed by atoms with Gasteiger partial charge in [-0.15, -0.1) is 0 Å². The van der Waals surface area contributed by atoms with Gasteiger partial charge in [0, 0.05) is 43.6 Å². The van der Waals surface area contributed by atoms with E-state index in [0.29, 0.717) is 0 Å². The SMILES string of the molecule is c1ccc(C2NC(c3ccccc3)NC(c3ccc4oc5ccc(-c6cccc7c6oc6ccc(-n8c9ccccc9c9ccccc98)cc67)cc5c4c3)N2)cc1. The molecule has 0 amide bonds. The van der Waals surface area contributed by atoms with E-state index in [1.807, 2.05) is 0 Å². The molecular weight excluding hydrogens is 701 g/mol. The number of hydrogen-bond donors (Lipinski definition) is 3. The summed E-state index contributed by atoms with van der Waals surface area (Å²) in [7, 11) is 0. The Bertz CT molecular complexity index is 3210. The zero-order valence-corrected chi connectivity index (χ0v) is 30.8. The molecular formula is C51H36N4O2. The van der Waals surface area contributed by atoms with Crippen LogP contribution >= 0.6 is 0 Å². The predicted octanol–water partition coefficient (Wildman–Crippen LogP) is 12.4. The van der Waals surface area contributed by atoms with E-state index < -0.39 is 0 Å². The van der Waals surface area contributed by atoms with Crippen LogP contribution in [0.5, 0.6) is 0 Å². The van der Waals surface area contributed by atoms with Gasteiger partial charge in [-0.25, -0.2) is 0 Å². The lowest BCUT2D eigenvalue weighted by atomic mass is 9.99. The van der Waals surface area contributed by atoms with Gasteiger partial charge in [0.05, 0.1) is 29.5 Å². The van der Waals surface area contributed by atoms with Crippen LogP contribution in [0.15, 0.2) is 191 Å². The number of benzene rings is 8. The van der Waals surface area contributed by atoms with Crippen molar-refractivity contribution in [3.8, 4) is 16.8 Å². The van der Waals surface area contributed by atoms with Crippen LogP contribution in [0.3, 0.4) is 0 Å². The number of nitrogens with zero attached hydrogens (tertiary/aromatic N) is 1. The zero-order valence-electron chi connectivity index (χ0n) is 30.8. The quantitative estimate of drug-likeness (QED) is 0.164. The Balaban J connectivity index is 0.947. The minimum absolute atomic E-state index is 0.0478. The summed E-state index contributed by atoms with van der Waals surface area (Å²) in [6.07, 6.45) is -0.210. The molecule has 57 heavy (non-hydrogen) atoms. The molecule has 11 aromatic rings. The number of furan rings is 2. The van der Waals surface area contributed by atoms with Crippen LogP contribution in [-0.2, 0) is 0 Å². The highest BCUT2D eigenvalue weighted by molar-refractivity contribution is 6.13. The third-order valence-corrected chi connectivity index (χ3v) is 11.7. The van der Waals surface area contributed by atoms with Crippen LogP contribution in [0.25, 0.3) is 82.5 Å². The fourth-order valence-corrected chi connectivity index (χ4v) is 9.01. The molecule has 1 fully saturated rings. The molecule has 12 rings (SSSR count). The highest BCUT2D eigenvalue weighted by atomic mass is 16.3. The van der Waals surface area contributed by atoms with Gasteiger partial charge >= 0.3 is 0 Å². The molecule has 0 saturated carbocycles. The number of hydrogen-bond acceptors (Lipinski definition) is 5. The first-order chi connectivity index (χ1) is 28.2. The topological polar surface area (TPSA) is 67.3 Å². The summed E-state index contributed by atoms with van der Waals surface area (Å²) in [6, 6.07) is 64.4. The number of aromatic nitrogens is 1. The van der Waals surface area contributed by atoms with Crippen LogP contribution in [-0.4, -0.2) is 4.57 Å². The zero-order chi connectivity index (χ0) is 37.5. The van der Waals surface area contributed by atoms with Gasteiger partial charge in [-0.3, -0.25) is 16.0 Å². The monoisotopic (exact) mass is 736 g/mol. The Morgan fingerprint density at radius 1 is 0.368 bits per heavy atom. The Kier molecular flexibility index (Phi) is 7.25. The largest absolute Gasteiger partial charge is 0.456 e. The van der Waals surface area contributed by atoms with Gasteiger partial charge < -0.3 is 13.4 Å². The third-order valence-electron chi connectivity index (χ3n) is 11.7. The van der Waals surface area contributed by atoms with Gasteiger partial charge in [0.1, 0.15) is 22.3 Å². The smallest absolute Gasteiger partial charge is 0.143 e. The van der Waals surface area contributed by atoms with Crippen LogP contribution in [0.2, 0.25) is 0 Å². The summed E-state index contributed by atoms with van der Waals surface area (Å²) < 4.78 is 15.5. The maximum absolute atomic E-state index is 6.70.